The van der Waals surface area contributed by atoms with Gasteiger partial charge in [0.1, 0.15) is 11.6 Å². The highest BCUT2D eigenvalue weighted by molar-refractivity contribution is 6.30. The molecule has 0 atom stereocenters. The number of benzene rings is 1. The summed E-state index contributed by atoms with van der Waals surface area (Å²) < 4.78 is 39.3. The Morgan fingerprint density at radius 1 is 1.19 bits per heavy atom. The third kappa shape index (κ3) is 5.92. The maximum Gasteiger partial charge on any atom is 0.433 e. The van der Waals surface area contributed by atoms with Crippen LogP contribution in [0.1, 0.15) is 12.1 Å². The molecule has 0 radical (unpaired) electrons. The van der Waals surface area contributed by atoms with E-state index in [4.69, 9.17) is 11.6 Å². The van der Waals surface area contributed by atoms with Crippen molar-refractivity contribution in [2.75, 3.05) is 37.8 Å². The molecule has 0 saturated carbocycles. The maximum absolute atomic E-state index is 13.1. The molecule has 0 spiro atoms. The second-order valence-corrected chi connectivity index (χ2v) is 6.27. The molecule has 142 valence electrons. The molecule has 2 aromatic rings. The van der Waals surface area contributed by atoms with Gasteiger partial charge in [-0.3, -0.25) is 0 Å². The highest BCUT2D eigenvalue weighted by Crippen LogP contribution is 2.33. The molecule has 1 aromatic heterocycles. The molecule has 0 bridgehead atoms. The molecule has 0 amide bonds. The quantitative estimate of drug-likeness (QED) is 0.491. The first-order chi connectivity index (χ1) is 12.1. The van der Waals surface area contributed by atoms with E-state index in [9.17, 15) is 18.3 Å². The first-order valence-corrected chi connectivity index (χ1v) is 8.13. The standard InChI is InChI=1S/C16H19ClF3N5O/c1-25(2)7-3-6-21-15-23-13(16(18,19)20)9-14(24-15)22-11-8-10(17)4-5-12(11)26/h4-5,8-9,26H,3,6-7H2,1-2H3,(H2,21,22,23,24). The van der Waals surface area contributed by atoms with Crippen molar-refractivity contribution in [2.24, 2.45) is 0 Å². The predicted molar refractivity (Wildman–Crippen MR) is 95.1 cm³/mol. The van der Waals surface area contributed by atoms with Crippen LogP contribution in [0.25, 0.3) is 0 Å². The van der Waals surface area contributed by atoms with Crippen molar-refractivity contribution >= 4 is 29.1 Å². The van der Waals surface area contributed by atoms with Crippen LogP contribution < -0.4 is 10.6 Å². The lowest BCUT2D eigenvalue weighted by molar-refractivity contribution is -0.141. The van der Waals surface area contributed by atoms with Gasteiger partial charge in [0.15, 0.2) is 5.69 Å². The third-order valence-electron chi connectivity index (χ3n) is 3.30. The van der Waals surface area contributed by atoms with Crippen LogP contribution in [0.2, 0.25) is 5.02 Å². The minimum Gasteiger partial charge on any atom is -0.506 e. The van der Waals surface area contributed by atoms with Gasteiger partial charge >= 0.3 is 6.18 Å². The molecular formula is C16H19ClF3N5O. The van der Waals surface area contributed by atoms with E-state index in [0.717, 1.165) is 12.6 Å². The van der Waals surface area contributed by atoms with Gasteiger partial charge in [-0.05, 0) is 45.3 Å². The number of phenolic OH excluding ortho intramolecular Hbond substituents is 1. The maximum atomic E-state index is 13.1. The number of aromatic nitrogens is 2. The number of rotatable bonds is 7. The number of hydrogen-bond donors (Lipinski definition) is 3. The summed E-state index contributed by atoms with van der Waals surface area (Å²) in [6.45, 7) is 1.19. The zero-order chi connectivity index (χ0) is 19.3. The van der Waals surface area contributed by atoms with E-state index in [1.807, 2.05) is 19.0 Å². The average molecular weight is 390 g/mol. The van der Waals surface area contributed by atoms with Gasteiger partial charge in [-0.2, -0.15) is 18.2 Å². The zero-order valence-electron chi connectivity index (χ0n) is 14.2. The SMILES string of the molecule is CN(C)CCCNc1nc(Nc2cc(Cl)ccc2O)cc(C(F)(F)F)n1. The van der Waals surface area contributed by atoms with Crippen molar-refractivity contribution in [3.05, 3.63) is 35.0 Å². The molecule has 0 unspecified atom stereocenters. The number of nitrogens with one attached hydrogen (secondary N) is 2. The van der Waals surface area contributed by atoms with E-state index in [-0.39, 0.29) is 23.2 Å². The average Bonchev–Trinajstić information content (AvgIpc) is 2.54. The summed E-state index contributed by atoms with van der Waals surface area (Å²) in [7, 11) is 3.81. The first-order valence-electron chi connectivity index (χ1n) is 7.75. The highest BCUT2D eigenvalue weighted by Gasteiger charge is 2.33. The Morgan fingerprint density at radius 3 is 2.58 bits per heavy atom. The summed E-state index contributed by atoms with van der Waals surface area (Å²) >= 11 is 5.85. The molecular weight excluding hydrogens is 371 g/mol. The van der Waals surface area contributed by atoms with Crippen LogP contribution in [0.4, 0.5) is 30.6 Å². The zero-order valence-corrected chi connectivity index (χ0v) is 15.0. The molecule has 0 saturated heterocycles. The van der Waals surface area contributed by atoms with Crippen molar-refractivity contribution < 1.29 is 18.3 Å². The van der Waals surface area contributed by atoms with Gasteiger partial charge < -0.3 is 20.6 Å². The number of alkyl halides is 3. The molecule has 0 fully saturated rings. The number of hydrogen-bond acceptors (Lipinski definition) is 6. The van der Waals surface area contributed by atoms with E-state index >= 15 is 0 Å². The second-order valence-electron chi connectivity index (χ2n) is 5.83. The van der Waals surface area contributed by atoms with Gasteiger partial charge in [-0.15, -0.1) is 0 Å². The van der Waals surface area contributed by atoms with Gasteiger partial charge in [0.2, 0.25) is 5.95 Å². The molecule has 6 nitrogen and oxygen atoms in total. The van der Waals surface area contributed by atoms with Crippen LogP contribution in [-0.4, -0.2) is 47.2 Å². The van der Waals surface area contributed by atoms with Crippen LogP contribution in [-0.2, 0) is 6.18 Å². The van der Waals surface area contributed by atoms with Crippen molar-refractivity contribution in [1.29, 1.82) is 0 Å². The first kappa shape index (κ1) is 20.1. The molecule has 10 heteroatoms. The third-order valence-corrected chi connectivity index (χ3v) is 3.54. The van der Waals surface area contributed by atoms with Crippen molar-refractivity contribution in [1.82, 2.24) is 14.9 Å². The normalized spacial score (nSPS) is 11.7. The fourth-order valence-electron chi connectivity index (χ4n) is 2.08. The molecule has 26 heavy (non-hydrogen) atoms. The Hall–Kier alpha value is -2.26. The lowest BCUT2D eigenvalue weighted by Gasteiger charge is -2.14. The smallest absolute Gasteiger partial charge is 0.433 e. The fourth-order valence-corrected chi connectivity index (χ4v) is 2.25. The Labute approximate surface area is 154 Å². The summed E-state index contributed by atoms with van der Waals surface area (Å²) in [6, 6.07) is 4.94. The second kappa shape index (κ2) is 8.41. The Morgan fingerprint density at radius 2 is 1.92 bits per heavy atom. The van der Waals surface area contributed by atoms with E-state index in [1.165, 1.54) is 18.2 Å². The van der Waals surface area contributed by atoms with Gasteiger partial charge in [0.05, 0.1) is 5.69 Å². The lowest BCUT2D eigenvalue weighted by Crippen LogP contribution is -2.18. The summed E-state index contributed by atoms with van der Waals surface area (Å²) in [5, 5.41) is 15.6. The van der Waals surface area contributed by atoms with E-state index in [2.05, 4.69) is 20.6 Å². The number of anilines is 3. The Balaban J connectivity index is 2.24. The van der Waals surface area contributed by atoms with Crippen LogP contribution in [0.15, 0.2) is 24.3 Å². The monoisotopic (exact) mass is 389 g/mol. The molecule has 2 rings (SSSR count). The van der Waals surface area contributed by atoms with Crippen molar-refractivity contribution in [3.8, 4) is 5.75 Å². The minimum atomic E-state index is -4.63. The number of phenols is 1. The summed E-state index contributed by atoms with van der Waals surface area (Å²) in [5.41, 5.74) is -0.950. The topological polar surface area (TPSA) is 73.3 Å². The summed E-state index contributed by atoms with van der Waals surface area (Å²) in [4.78, 5) is 9.50. The van der Waals surface area contributed by atoms with E-state index in [1.54, 1.807) is 0 Å². The molecule has 1 aromatic carbocycles. The molecule has 0 aliphatic heterocycles. The Kier molecular flexibility index (Phi) is 6.49. The largest absolute Gasteiger partial charge is 0.506 e. The molecule has 0 aliphatic carbocycles. The van der Waals surface area contributed by atoms with Crippen molar-refractivity contribution in [2.45, 2.75) is 12.6 Å². The summed E-state index contributed by atoms with van der Waals surface area (Å²) in [5.74, 6) is -0.426. The molecule has 1 heterocycles. The number of halogens is 4. The predicted octanol–water partition coefficient (Wildman–Crippen LogP) is 3.96. The minimum absolute atomic E-state index is 0.111. The van der Waals surface area contributed by atoms with Crippen molar-refractivity contribution in [3.63, 3.8) is 0 Å². The van der Waals surface area contributed by atoms with Gasteiger partial charge in [-0.25, -0.2) is 4.98 Å². The molecule has 0 aliphatic rings. The number of nitrogens with zero attached hydrogens (tertiary/aromatic N) is 3. The van der Waals surface area contributed by atoms with Gasteiger partial charge in [0, 0.05) is 17.6 Å². The lowest BCUT2D eigenvalue weighted by atomic mass is 10.3. The fraction of sp³-hybridized carbons (Fsp3) is 0.375. The van der Waals surface area contributed by atoms with E-state index < -0.39 is 11.9 Å². The van der Waals surface area contributed by atoms with Gasteiger partial charge in [0.25, 0.3) is 0 Å². The van der Waals surface area contributed by atoms with Crippen LogP contribution in [0.5, 0.6) is 5.75 Å². The van der Waals surface area contributed by atoms with Crippen LogP contribution in [0.3, 0.4) is 0 Å². The van der Waals surface area contributed by atoms with Crippen LogP contribution >= 0.6 is 11.6 Å². The van der Waals surface area contributed by atoms with E-state index in [0.29, 0.717) is 18.0 Å². The Bertz CT molecular complexity index is 755. The van der Waals surface area contributed by atoms with Crippen LogP contribution in [0, 0.1) is 0 Å². The molecule has 3 N–H and O–H groups in total. The summed E-state index contributed by atoms with van der Waals surface area (Å²) in [6.07, 6.45) is -3.92. The van der Waals surface area contributed by atoms with Gasteiger partial charge in [-0.1, -0.05) is 11.6 Å². The number of aromatic hydroxyl groups is 1. The highest BCUT2D eigenvalue weighted by atomic mass is 35.5.